The highest BCUT2D eigenvalue weighted by Gasteiger charge is 2.19. The van der Waals surface area contributed by atoms with Crippen LogP contribution in [0.1, 0.15) is 19.8 Å². The molecule has 1 fully saturated rings. The summed E-state index contributed by atoms with van der Waals surface area (Å²) in [4.78, 5) is 0. The highest BCUT2D eigenvalue weighted by atomic mass is 16.3. The zero-order valence-electron chi connectivity index (χ0n) is 6.64. The fourth-order valence-corrected chi connectivity index (χ4v) is 1.66. The molecule has 1 heterocycles. The molecular formula is C8H17NO. The number of aliphatic hydroxyl groups is 1. The molecular weight excluding hydrogens is 126 g/mol. The van der Waals surface area contributed by atoms with Crippen LogP contribution in [-0.2, 0) is 0 Å². The minimum absolute atomic E-state index is 0.356. The molecule has 10 heavy (non-hydrogen) atoms. The van der Waals surface area contributed by atoms with Gasteiger partial charge in [0.15, 0.2) is 0 Å². The second kappa shape index (κ2) is 3.94. The Morgan fingerprint density at radius 1 is 1.60 bits per heavy atom. The van der Waals surface area contributed by atoms with E-state index < -0.39 is 0 Å². The summed E-state index contributed by atoms with van der Waals surface area (Å²) < 4.78 is 0. The van der Waals surface area contributed by atoms with Crippen LogP contribution in [0.2, 0.25) is 0 Å². The fraction of sp³-hybridized carbons (Fsp3) is 1.00. The van der Waals surface area contributed by atoms with E-state index in [1.165, 1.54) is 6.42 Å². The maximum Gasteiger partial charge on any atom is 0.0433 e. The summed E-state index contributed by atoms with van der Waals surface area (Å²) in [6, 6.07) is 0. The summed E-state index contributed by atoms with van der Waals surface area (Å²) in [6.45, 7) is 4.88. The molecule has 0 aromatic heterocycles. The molecule has 1 rings (SSSR count). The molecule has 2 atom stereocenters. The Labute approximate surface area is 62.6 Å². The highest BCUT2D eigenvalue weighted by Crippen LogP contribution is 2.21. The molecule has 2 nitrogen and oxygen atoms in total. The summed E-state index contributed by atoms with van der Waals surface area (Å²) in [5.74, 6) is 1.51. The number of aliphatic hydroxyl groups excluding tert-OH is 1. The van der Waals surface area contributed by atoms with Crippen LogP contribution < -0.4 is 5.32 Å². The van der Waals surface area contributed by atoms with E-state index in [9.17, 15) is 0 Å². The van der Waals surface area contributed by atoms with E-state index in [4.69, 9.17) is 5.11 Å². The van der Waals surface area contributed by atoms with Crippen LogP contribution in [0.25, 0.3) is 0 Å². The summed E-state index contributed by atoms with van der Waals surface area (Å²) in [7, 11) is 0. The standard InChI is InChI=1S/C8H17NO/c1-7-6-9-4-2-8(7)3-5-10/h7-10H,2-6H2,1H3/t7-,8+/m0/s1. The Kier molecular flexibility index (Phi) is 3.16. The van der Waals surface area contributed by atoms with Crippen molar-refractivity contribution >= 4 is 0 Å². The van der Waals surface area contributed by atoms with Crippen molar-refractivity contribution in [2.24, 2.45) is 11.8 Å². The van der Waals surface area contributed by atoms with Gasteiger partial charge in [-0.05, 0) is 37.8 Å². The summed E-state index contributed by atoms with van der Waals surface area (Å²) in [5, 5.41) is 12.1. The first-order valence-electron chi connectivity index (χ1n) is 4.16. The first kappa shape index (κ1) is 8.02. The average Bonchev–Trinajstić information content (AvgIpc) is 1.94. The zero-order valence-corrected chi connectivity index (χ0v) is 6.64. The second-order valence-corrected chi connectivity index (χ2v) is 3.24. The third kappa shape index (κ3) is 1.96. The summed E-state index contributed by atoms with van der Waals surface area (Å²) in [5.41, 5.74) is 0. The van der Waals surface area contributed by atoms with Gasteiger partial charge in [-0.25, -0.2) is 0 Å². The third-order valence-electron chi connectivity index (χ3n) is 2.46. The van der Waals surface area contributed by atoms with Crippen LogP contribution in [0.15, 0.2) is 0 Å². The van der Waals surface area contributed by atoms with Gasteiger partial charge >= 0.3 is 0 Å². The largest absolute Gasteiger partial charge is 0.396 e. The molecule has 0 radical (unpaired) electrons. The van der Waals surface area contributed by atoms with Gasteiger partial charge in [0.25, 0.3) is 0 Å². The summed E-state index contributed by atoms with van der Waals surface area (Å²) >= 11 is 0. The monoisotopic (exact) mass is 143 g/mol. The Bertz CT molecular complexity index is 93.3. The van der Waals surface area contributed by atoms with E-state index >= 15 is 0 Å². The molecule has 1 saturated heterocycles. The van der Waals surface area contributed by atoms with Crippen molar-refractivity contribution in [2.45, 2.75) is 19.8 Å². The Hall–Kier alpha value is -0.0800. The lowest BCUT2D eigenvalue weighted by molar-refractivity contribution is 0.195. The first-order chi connectivity index (χ1) is 4.84. The van der Waals surface area contributed by atoms with Gasteiger partial charge in [-0.2, -0.15) is 0 Å². The molecule has 0 unspecified atom stereocenters. The second-order valence-electron chi connectivity index (χ2n) is 3.24. The maximum atomic E-state index is 8.72. The molecule has 0 saturated carbocycles. The first-order valence-corrected chi connectivity index (χ1v) is 4.16. The molecule has 0 spiro atoms. The van der Waals surface area contributed by atoms with Gasteiger partial charge in [-0.3, -0.25) is 0 Å². The Balaban J connectivity index is 2.25. The number of hydrogen-bond acceptors (Lipinski definition) is 2. The molecule has 0 aromatic carbocycles. The van der Waals surface area contributed by atoms with Crippen molar-refractivity contribution in [3.8, 4) is 0 Å². The van der Waals surface area contributed by atoms with E-state index in [1.54, 1.807) is 0 Å². The maximum absolute atomic E-state index is 8.72. The Morgan fingerprint density at radius 3 is 3.00 bits per heavy atom. The Morgan fingerprint density at radius 2 is 2.40 bits per heavy atom. The van der Waals surface area contributed by atoms with Crippen molar-refractivity contribution < 1.29 is 5.11 Å². The molecule has 0 aliphatic carbocycles. The molecule has 2 N–H and O–H groups in total. The zero-order chi connectivity index (χ0) is 7.40. The minimum atomic E-state index is 0.356. The predicted molar refractivity (Wildman–Crippen MR) is 41.8 cm³/mol. The van der Waals surface area contributed by atoms with Gasteiger partial charge < -0.3 is 10.4 Å². The van der Waals surface area contributed by atoms with Crippen LogP contribution in [-0.4, -0.2) is 24.8 Å². The van der Waals surface area contributed by atoms with Crippen molar-refractivity contribution in [1.82, 2.24) is 5.32 Å². The average molecular weight is 143 g/mol. The lowest BCUT2D eigenvalue weighted by Gasteiger charge is -2.28. The topological polar surface area (TPSA) is 32.3 Å². The predicted octanol–water partition coefficient (Wildman–Crippen LogP) is 0.614. The van der Waals surface area contributed by atoms with Gasteiger partial charge in [0.1, 0.15) is 0 Å². The van der Waals surface area contributed by atoms with Crippen molar-refractivity contribution in [1.29, 1.82) is 0 Å². The SMILES string of the molecule is C[C@H]1CNCC[C@@H]1CCO. The molecule has 1 aliphatic heterocycles. The number of nitrogens with one attached hydrogen (secondary N) is 1. The molecule has 0 amide bonds. The number of hydrogen-bond donors (Lipinski definition) is 2. The van der Waals surface area contributed by atoms with Gasteiger partial charge in [0, 0.05) is 6.61 Å². The van der Waals surface area contributed by atoms with Gasteiger partial charge in [0.2, 0.25) is 0 Å². The summed E-state index contributed by atoms with van der Waals surface area (Å²) in [6.07, 6.45) is 2.23. The third-order valence-corrected chi connectivity index (χ3v) is 2.46. The van der Waals surface area contributed by atoms with Crippen LogP contribution in [0.5, 0.6) is 0 Å². The molecule has 2 heteroatoms. The number of piperidine rings is 1. The quantitative estimate of drug-likeness (QED) is 0.593. The van der Waals surface area contributed by atoms with E-state index in [2.05, 4.69) is 12.2 Å². The van der Waals surface area contributed by atoms with Gasteiger partial charge in [0.05, 0.1) is 0 Å². The van der Waals surface area contributed by atoms with Crippen LogP contribution in [0, 0.1) is 11.8 Å². The number of rotatable bonds is 2. The van der Waals surface area contributed by atoms with Gasteiger partial charge in [-0.15, -0.1) is 0 Å². The molecule has 1 aliphatic rings. The minimum Gasteiger partial charge on any atom is -0.396 e. The van der Waals surface area contributed by atoms with Crippen molar-refractivity contribution in [2.75, 3.05) is 19.7 Å². The fourth-order valence-electron chi connectivity index (χ4n) is 1.66. The van der Waals surface area contributed by atoms with E-state index in [-0.39, 0.29) is 0 Å². The van der Waals surface area contributed by atoms with Crippen molar-refractivity contribution in [3.05, 3.63) is 0 Å². The molecule has 0 aromatic rings. The van der Waals surface area contributed by atoms with E-state index in [0.29, 0.717) is 6.61 Å². The van der Waals surface area contributed by atoms with Crippen LogP contribution in [0.4, 0.5) is 0 Å². The normalized spacial score (nSPS) is 34.2. The molecule has 60 valence electrons. The van der Waals surface area contributed by atoms with Crippen LogP contribution >= 0.6 is 0 Å². The van der Waals surface area contributed by atoms with E-state index in [1.807, 2.05) is 0 Å². The van der Waals surface area contributed by atoms with E-state index in [0.717, 1.165) is 31.3 Å². The smallest absolute Gasteiger partial charge is 0.0433 e. The molecule has 0 bridgehead atoms. The highest BCUT2D eigenvalue weighted by molar-refractivity contribution is 4.74. The van der Waals surface area contributed by atoms with Crippen molar-refractivity contribution in [3.63, 3.8) is 0 Å². The lowest BCUT2D eigenvalue weighted by atomic mass is 9.86. The lowest BCUT2D eigenvalue weighted by Crippen LogP contribution is -2.35. The van der Waals surface area contributed by atoms with Gasteiger partial charge in [-0.1, -0.05) is 6.92 Å². The van der Waals surface area contributed by atoms with Crippen LogP contribution in [0.3, 0.4) is 0 Å².